The Morgan fingerprint density at radius 1 is 1.47 bits per heavy atom. The third-order valence-corrected chi connectivity index (χ3v) is 3.34. The molecule has 6 nitrogen and oxygen atoms in total. The van der Waals surface area contributed by atoms with Gasteiger partial charge in [0.25, 0.3) is 0 Å². The molecule has 0 radical (unpaired) electrons. The summed E-state index contributed by atoms with van der Waals surface area (Å²) in [4.78, 5) is 29.9. The van der Waals surface area contributed by atoms with Gasteiger partial charge in [-0.05, 0) is 19.8 Å². The number of aromatic nitrogens is 1. The molecule has 1 fully saturated rings. The highest BCUT2D eigenvalue weighted by Gasteiger charge is 2.39. The first-order chi connectivity index (χ1) is 8.90. The largest absolute Gasteiger partial charge is 0.444 e. The molecule has 2 unspecified atom stereocenters. The van der Waals surface area contributed by atoms with Crippen molar-refractivity contribution in [3.63, 3.8) is 0 Å². The SMILES string of the molecule is Cc1cnc(CN2C(=O)C(C(C)C)NC(=O)C2C)o1. The number of nitrogens with one attached hydrogen (secondary N) is 1. The lowest BCUT2D eigenvalue weighted by Crippen LogP contribution is -2.63. The fraction of sp³-hybridized carbons (Fsp3) is 0.615. The van der Waals surface area contributed by atoms with Crippen LogP contribution in [0.1, 0.15) is 32.4 Å². The molecular formula is C13H19N3O3. The Morgan fingerprint density at radius 2 is 2.16 bits per heavy atom. The average Bonchev–Trinajstić information content (AvgIpc) is 2.74. The minimum Gasteiger partial charge on any atom is -0.444 e. The second-order valence-corrected chi connectivity index (χ2v) is 5.24. The topological polar surface area (TPSA) is 75.4 Å². The van der Waals surface area contributed by atoms with Gasteiger partial charge in [-0.15, -0.1) is 0 Å². The summed E-state index contributed by atoms with van der Waals surface area (Å²) in [5.41, 5.74) is 0. The Bertz CT molecular complexity index is 495. The molecule has 0 bridgehead atoms. The van der Waals surface area contributed by atoms with Crippen molar-refractivity contribution in [2.24, 2.45) is 5.92 Å². The van der Waals surface area contributed by atoms with Crippen LogP contribution >= 0.6 is 0 Å². The van der Waals surface area contributed by atoms with Crippen molar-refractivity contribution in [2.75, 3.05) is 0 Å². The van der Waals surface area contributed by atoms with Gasteiger partial charge in [-0.3, -0.25) is 9.59 Å². The number of oxazole rings is 1. The molecule has 1 aromatic rings. The van der Waals surface area contributed by atoms with Crippen LogP contribution in [0, 0.1) is 12.8 Å². The van der Waals surface area contributed by atoms with E-state index in [-0.39, 0.29) is 24.3 Å². The highest BCUT2D eigenvalue weighted by Crippen LogP contribution is 2.18. The van der Waals surface area contributed by atoms with Gasteiger partial charge in [-0.1, -0.05) is 13.8 Å². The van der Waals surface area contributed by atoms with Gasteiger partial charge >= 0.3 is 0 Å². The van der Waals surface area contributed by atoms with Crippen LogP contribution in [0.3, 0.4) is 0 Å². The monoisotopic (exact) mass is 265 g/mol. The van der Waals surface area contributed by atoms with Crippen LogP contribution in [-0.4, -0.2) is 33.8 Å². The lowest BCUT2D eigenvalue weighted by molar-refractivity contribution is -0.150. The predicted molar refractivity (Wildman–Crippen MR) is 68.0 cm³/mol. The number of aryl methyl sites for hydroxylation is 1. The predicted octanol–water partition coefficient (Wildman–Crippen LogP) is 0.855. The van der Waals surface area contributed by atoms with Crippen molar-refractivity contribution < 1.29 is 14.0 Å². The molecule has 0 saturated carbocycles. The summed E-state index contributed by atoms with van der Waals surface area (Å²) in [6.07, 6.45) is 1.61. The molecule has 1 aliphatic heterocycles. The highest BCUT2D eigenvalue weighted by atomic mass is 16.4. The third-order valence-electron chi connectivity index (χ3n) is 3.34. The van der Waals surface area contributed by atoms with E-state index in [1.807, 2.05) is 13.8 Å². The van der Waals surface area contributed by atoms with Gasteiger partial charge in [0.1, 0.15) is 17.8 Å². The zero-order chi connectivity index (χ0) is 14.2. The van der Waals surface area contributed by atoms with Gasteiger partial charge in [0.05, 0.1) is 12.7 Å². The third kappa shape index (κ3) is 2.62. The first-order valence-electron chi connectivity index (χ1n) is 6.42. The zero-order valence-electron chi connectivity index (χ0n) is 11.6. The van der Waals surface area contributed by atoms with Crippen molar-refractivity contribution >= 4 is 11.8 Å². The van der Waals surface area contributed by atoms with Gasteiger partial charge in [0.15, 0.2) is 0 Å². The number of carbonyl (C=O) groups is 2. The standard InChI is InChI=1S/C13H19N3O3/c1-7(2)11-13(18)16(9(4)12(17)15-11)6-10-14-5-8(3)19-10/h5,7,9,11H,6H2,1-4H3,(H,15,17). The van der Waals surface area contributed by atoms with Gasteiger partial charge in [-0.2, -0.15) is 0 Å². The molecular weight excluding hydrogens is 246 g/mol. The smallest absolute Gasteiger partial charge is 0.246 e. The Morgan fingerprint density at radius 3 is 2.68 bits per heavy atom. The molecule has 0 aromatic carbocycles. The van der Waals surface area contributed by atoms with E-state index in [0.717, 1.165) is 0 Å². The average molecular weight is 265 g/mol. The van der Waals surface area contributed by atoms with Crippen LogP contribution < -0.4 is 5.32 Å². The Balaban J connectivity index is 2.20. The Labute approximate surface area is 112 Å². The summed E-state index contributed by atoms with van der Waals surface area (Å²) in [6.45, 7) is 7.55. The van der Waals surface area contributed by atoms with Crippen LogP contribution in [0.15, 0.2) is 10.6 Å². The molecule has 2 atom stereocenters. The van der Waals surface area contributed by atoms with E-state index in [1.54, 1.807) is 20.0 Å². The number of hydrogen-bond donors (Lipinski definition) is 1. The maximum Gasteiger partial charge on any atom is 0.246 e. The fourth-order valence-electron chi connectivity index (χ4n) is 2.13. The lowest BCUT2D eigenvalue weighted by Gasteiger charge is -2.38. The normalized spacial score (nSPS) is 23.9. The quantitative estimate of drug-likeness (QED) is 0.879. The molecule has 1 aliphatic rings. The maximum absolute atomic E-state index is 12.4. The molecule has 0 spiro atoms. The number of piperazine rings is 1. The Kier molecular flexibility index (Phi) is 3.59. The van der Waals surface area contributed by atoms with E-state index in [1.165, 1.54) is 4.90 Å². The number of rotatable bonds is 3. The molecule has 104 valence electrons. The molecule has 1 N–H and O–H groups in total. The fourth-order valence-corrected chi connectivity index (χ4v) is 2.13. The number of amides is 2. The van der Waals surface area contributed by atoms with Gasteiger partial charge in [0, 0.05) is 0 Å². The van der Waals surface area contributed by atoms with Crippen LogP contribution in [0.4, 0.5) is 0 Å². The van der Waals surface area contributed by atoms with E-state index in [4.69, 9.17) is 4.42 Å². The summed E-state index contributed by atoms with van der Waals surface area (Å²) < 4.78 is 5.38. The molecule has 1 saturated heterocycles. The van der Waals surface area contributed by atoms with Gasteiger partial charge in [-0.25, -0.2) is 4.98 Å². The minimum atomic E-state index is -0.505. The lowest BCUT2D eigenvalue weighted by atomic mass is 9.98. The van der Waals surface area contributed by atoms with E-state index in [9.17, 15) is 9.59 Å². The second-order valence-electron chi connectivity index (χ2n) is 5.24. The van der Waals surface area contributed by atoms with E-state index >= 15 is 0 Å². The van der Waals surface area contributed by atoms with Crippen molar-refractivity contribution in [3.05, 3.63) is 17.8 Å². The summed E-state index contributed by atoms with van der Waals surface area (Å²) in [6, 6.07) is -0.977. The highest BCUT2D eigenvalue weighted by molar-refractivity contribution is 5.96. The van der Waals surface area contributed by atoms with E-state index in [0.29, 0.717) is 11.7 Å². The van der Waals surface area contributed by atoms with E-state index < -0.39 is 12.1 Å². The zero-order valence-corrected chi connectivity index (χ0v) is 11.6. The molecule has 0 aliphatic carbocycles. The van der Waals surface area contributed by atoms with Crippen molar-refractivity contribution in [1.29, 1.82) is 0 Å². The first kappa shape index (κ1) is 13.6. The molecule has 6 heteroatoms. The van der Waals surface area contributed by atoms with Gasteiger partial charge < -0.3 is 14.6 Å². The van der Waals surface area contributed by atoms with E-state index in [2.05, 4.69) is 10.3 Å². The summed E-state index contributed by atoms with van der Waals surface area (Å²) >= 11 is 0. The van der Waals surface area contributed by atoms with Crippen molar-refractivity contribution in [3.8, 4) is 0 Å². The summed E-state index contributed by atoms with van der Waals surface area (Å²) in [5, 5.41) is 2.76. The number of carbonyl (C=O) groups excluding carboxylic acids is 2. The van der Waals surface area contributed by atoms with Crippen LogP contribution in [-0.2, 0) is 16.1 Å². The van der Waals surface area contributed by atoms with Crippen molar-refractivity contribution in [2.45, 2.75) is 46.3 Å². The summed E-state index contributed by atoms with van der Waals surface area (Å²) in [5.74, 6) is 0.976. The molecule has 1 aromatic heterocycles. The molecule has 2 amide bonds. The van der Waals surface area contributed by atoms with Crippen molar-refractivity contribution in [1.82, 2.24) is 15.2 Å². The first-order valence-corrected chi connectivity index (χ1v) is 6.42. The molecule has 2 heterocycles. The molecule has 19 heavy (non-hydrogen) atoms. The number of hydrogen-bond acceptors (Lipinski definition) is 4. The summed E-state index contributed by atoms with van der Waals surface area (Å²) in [7, 11) is 0. The molecule has 2 rings (SSSR count). The van der Waals surface area contributed by atoms with Gasteiger partial charge in [0.2, 0.25) is 17.7 Å². The van der Waals surface area contributed by atoms with Crippen LogP contribution in [0.5, 0.6) is 0 Å². The number of nitrogens with zero attached hydrogens (tertiary/aromatic N) is 2. The second kappa shape index (κ2) is 5.03. The van der Waals surface area contributed by atoms with Crippen LogP contribution in [0.2, 0.25) is 0 Å². The van der Waals surface area contributed by atoms with Crippen LogP contribution in [0.25, 0.3) is 0 Å². The minimum absolute atomic E-state index is 0.0535. The maximum atomic E-state index is 12.4. The Hall–Kier alpha value is -1.85.